The third kappa shape index (κ3) is 4.34. The van der Waals surface area contributed by atoms with Crippen LogP contribution in [0.2, 0.25) is 0 Å². The second-order valence-corrected chi connectivity index (χ2v) is 8.03. The predicted octanol–water partition coefficient (Wildman–Crippen LogP) is 1.81. The summed E-state index contributed by atoms with van der Waals surface area (Å²) in [5, 5.41) is 7.56. The lowest BCUT2D eigenvalue weighted by Crippen LogP contribution is -2.56. The van der Waals surface area contributed by atoms with Crippen molar-refractivity contribution in [2.45, 2.75) is 65.0 Å². The summed E-state index contributed by atoms with van der Waals surface area (Å²) in [6.45, 7) is 6.43. The van der Waals surface area contributed by atoms with Crippen LogP contribution in [0.1, 0.15) is 49.9 Å². The average molecular weight is 377 g/mol. The van der Waals surface area contributed by atoms with E-state index in [1.807, 2.05) is 29.5 Å². The lowest BCUT2D eigenvalue weighted by atomic mass is 9.74. The number of hydrogen-bond donors (Lipinski definition) is 1. The molecule has 0 aromatic carbocycles. The average Bonchev–Trinajstić information content (AvgIpc) is 3.20. The molecule has 7 nitrogen and oxygen atoms in total. The highest BCUT2D eigenvalue weighted by atomic mass is 16.5. The minimum absolute atomic E-state index is 0.0233. The van der Waals surface area contributed by atoms with Crippen molar-refractivity contribution >= 4 is 11.8 Å². The molecule has 2 fully saturated rings. The highest BCUT2D eigenvalue weighted by Gasteiger charge is 2.50. The number of aryl methyl sites for hydroxylation is 3. The normalized spacial score (nSPS) is 24.9. The van der Waals surface area contributed by atoms with E-state index in [0.29, 0.717) is 39.1 Å². The molecule has 27 heavy (non-hydrogen) atoms. The number of aromatic nitrogens is 2. The zero-order valence-corrected chi connectivity index (χ0v) is 16.8. The van der Waals surface area contributed by atoms with Gasteiger partial charge in [-0.15, -0.1) is 0 Å². The zero-order valence-electron chi connectivity index (χ0n) is 16.8. The van der Waals surface area contributed by atoms with Gasteiger partial charge in [0, 0.05) is 56.7 Å². The fourth-order valence-electron chi connectivity index (χ4n) is 4.81. The molecule has 1 saturated carbocycles. The smallest absolute Gasteiger partial charge is 0.222 e. The monoisotopic (exact) mass is 376 g/mol. The van der Waals surface area contributed by atoms with E-state index < -0.39 is 0 Å². The Hall–Kier alpha value is -1.89. The number of piperidine rings is 1. The van der Waals surface area contributed by atoms with Crippen LogP contribution in [-0.2, 0) is 20.9 Å². The molecule has 1 N–H and O–H groups in total. The van der Waals surface area contributed by atoms with E-state index in [2.05, 4.69) is 10.4 Å². The Balaban J connectivity index is 1.56. The summed E-state index contributed by atoms with van der Waals surface area (Å²) in [6, 6.07) is 2.25. The first-order valence-electron chi connectivity index (χ1n) is 10.0. The standard InChI is InChI=1S/C20H32N4O3/c1-15-13-16(2)24(22-15)10-7-18(25)21-14-20-8-4-5-17(20)23(11-12-27-3)19(26)6-9-20/h13,17H,4-12,14H2,1-3H3,(H,21,25)/t17-,20+/m1/s1. The van der Waals surface area contributed by atoms with Gasteiger partial charge in [0.2, 0.25) is 11.8 Å². The van der Waals surface area contributed by atoms with Gasteiger partial charge in [-0.3, -0.25) is 14.3 Å². The van der Waals surface area contributed by atoms with Gasteiger partial charge in [-0.1, -0.05) is 6.42 Å². The molecule has 0 unspecified atom stereocenters. The number of nitrogens with zero attached hydrogens (tertiary/aromatic N) is 3. The Labute approximate surface area is 161 Å². The van der Waals surface area contributed by atoms with E-state index in [-0.39, 0.29) is 23.3 Å². The van der Waals surface area contributed by atoms with Crippen LogP contribution in [-0.4, -0.2) is 59.3 Å². The molecule has 2 aliphatic rings. The fraction of sp³-hybridized carbons (Fsp3) is 0.750. The minimum atomic E-state index is 0.0233. The summed E-state index contributed by atoms with van der Waals surface area (Å²) in [5.74, 6) is 0.286. The van der Waals surface area contributed by atoms with E-state index in [0.717, 1.165) is 37.1 Å². The van der Waals surface area contributed by atoms with E-state index in [1.54, 1.807) is 7.11 Å². The molecule has 1 aliphatic heterocycles. The number of carbonyl (C=O) groups excluding carboxylic acids is 2. The van der Waals surface area contributed by atoms with Crippen molar-refractivity contribution in [2.24, 2.45) is 5.41 Å². The third-order valence-corrected chi connectivity index (χ3v) is 6.22. The van der Waals surface area contributed by atoms with Crippen LogP contribution >= 0.6 is 0 Å². The zero-order chi connectivity index (χ0) is 19.4. The number of ether oxygens (including phenoxy) is 1. The Morgan fingerprint density at radius 3 is 2.89 bits per heavy atom. The SMILES string of the molecule is COCCN1C(=O)CC[C@]2(CNC(=O)CCn3nc(C)cc3C)CCC[C@@H]12. The maximum Gasteiger partial charge on any atom is 0.222 e. The molecular formula is C20H32N4O3. The van der Waals surface area contributed by atoms with Crippen molar-refractivity contribution in [1.82, 2.24) is 20.0 Å². The van der Waals surface area contributed by atoms with Crippen molar-refractivity contribution in [1.29, 1.82) is 0 Å². The van der Waals surface area contributed by atoms with Crippen LogP contribution in [0.5, 0.6) is 0 Å². The molecule has 2 heterocycles. The van der Waals surface area contributed by atoms with Gasteiger partial charge in [0.05, 0.1) is 12.3 Å². The Morgan fingerprint density at radius 1 is 1.37 bits per heavy atom. The Bertz CT molecular complexity index is 687. The molecule has 150 valence electrons. The highest BCUT2D eigenvalue weighted by molar-refractivity contribution is 5.78. The molecule has 1 aromatic heterocycles. The first-order valence-corrected chi connectivity index (χ1v) is 10.0. The molecule has 0 bridgehead atoms. The summed E-state index contributed by atoms with van der Waals surface area (Å²) in [4.78, 5) is 26.8. The topological polar surface area (TPSA) is 76.5 Å². The first kappa shape index (κ1) is 19.9. The maximum absolute atomic E-state index is 12.4. The van der Waals surface area contributed by atoms with Crippen molar-refractivity contribution in [3.63, 3.8) is 0 Å². The van der Waals surface area contributed by atoms with E-state index in [9.17, 15) is 9.59 Å². The molecule has 7 heteroatoms. The first-order chi connectivity index (χ1) is 12.9. The molecule has 1 aliphatic carbocycles. The molecular weight excluding hydrogens is 344 g/mol. The Kier molecular flexibility index (Phi) is 6.19. The second-order valence-electron chi connectivity index (χ2n) is 8.03. The Morgan fingerprint density at radius 2 is 2.19 bits per heavy atom. The van der Waals surface area contributed by atoms with Crippen LogP contribution in [0, 0.1) is 19.3 Å². The minimum Gasteiger partial charge on any atom is -0.383 e. The van der Waals surface area contributed by atoms with Crippen molar-refractivity contribution in [2.75, 3.05) is 26.8 Å². The number of hydrogen-bond acceptors (Lipinski definition) is 4. The van der Waals surface area contributed by atoms with Gasteiger partial charge >= 0.3 is 0 Å². The lowest BCUT2D eigenvalue weighted by Gasteiger charge is -2.46. The van der Waals surface area contributed by atoms with Crippen LogP contribution in [0.3, 0.4) is 0 Å². The van der Waals surface area contributed by atoms with Crippen molar-refractivity contribution in [3.8, 4) is 0 Å². The van der Waals surface area contributed by atoms with Gasteiger partial charge in [0.1, 0.15) is 0 Å². The van der Waals surface area contributed by atoms with Crippen molar-refractivity contribution in [3.05, 3.63) is 17.5 Å². The molecule has 2 amide bonds. The molecule has 0 radical (unpaired) electrons. The van der Waals surface area contributed by atoms with Gasteiger partial charge in [0.25, 0.3) is 0 Å². The third-order valence-electron chi connectivity index (χ3n) is 6.22. The van der Waals surface area contributed by atoms with Crippen LogP contribution in [0.15, 0.2) is 6.07 Å². The van der Waals surface area contributed by atoms with Gasteiger partial charge in [0.15, 0.2) is 0 Å². The molecule has 1 saturated heterocycles. The predicted molar refractivity (Wildman–Crippen MR) is 102 cm³/mol. The molecule has 0 spiro atoms. The van der Waals surface area contributed by atoms with Crippen LogP contribution < -0.4 is 5.32 Å². The lowest BCUT2D eigenvalue weighted by molar-refractivity contribution is -0.142. The highest BCUT2D eigenvalue weighted by Crippen LogP contribution is 2.47. The van der Waals surface area contributed by atoms with Gasteiger partial charge in [-0.2, -0.15) is 5.10 Å². The van der Waals surface area contributed by atoms with E-state index >= 15 is 0 Å². The summed E-state index contributed by atoms with van der Waals surface area (Å²) in [6.07, 6.45) is 5.08. The number of fused-ring (bicyclic) bond motifs is 1. The largest absolute Gasteiger partial charge is 0.383 e. The summed E-state index contributed by atoms with van der Waals surface area (Å²) < 4.78 is 7.07. The number of carbonyl (C=O) groups is 2. The van der Waals surface area contributed by atoms with E-state index in [1.165, 1.54) is 0 Å². The maximum atomic E-state index is 12.4. The summed E-state index contributed by atoms with van der Waals surface area (Å²) >= 11 is 0. The van der Waals surface area contributed by atoms with Gasteiger partial charge < -0.3 is 15.0 Å². The number of likely N-dealkylation sites (tertiary alicyclic amines) is 1. The number of amides is 2. The molecule has 2 atom stereocenters. The van der Waals surface area contributed by atoms with E-state index in [4.69, 9.17) is 4.74 Å². The second kappa shape index (κ2) is 8.42. The number of methoxy groups -OCH3 is 1. The molecule has 1 aromatic rings. The van der Waals surface area contributed by atoms with Crippen LogP contribution in [0.25, 0.3) is 0 Å². The van der Waals surface area contributed by atoms with Crippen molar-refractivity contribution < 1.29 is 14.3 Å². The molecule has 3 rings (SSSR count). The number of rotatable bonds is 8. The fourth-order valence-corrected chi connectivity index (χ4v) is 4.81. The van der Waals surface area contributed by atoms with Crippen LogP contribution in [0.4, 0.5) is 0 Å². The quantitative estimate of drug-likeness (QED) is 0.751. The van der Waals surface area contributed by atoms with Gasteiger partial charge in [-0.05, 0) is 39.2 Å². The summed E-state index contributed by atoms with van der Waals surface area (Å²) in [5.41, 5.74) is 2.08. The number of nitrogens with one attached hydrogen (secondary N) is 1. The van der Waals surface area contributed by atoms with Gasteiger partial charge in [-0.25, -0.2) is 0 Å². The summed E-state index contributed by atoms with van der Waals surface area (Å²) in [7, 11) is 1.67.